The third-order valence-corrected chi connectivity index (χ3v) is 3.78. The van der Waals surface area contributed by atoms with Gasteiger partial charge in [-0.1, -0.05) is 0 Å². The zero-order valence-corrected chi connectivity index (χ0v) is 16.4. The second-order valence-corrected chi connectivity index (χ2v) is 6.23. The molecule has 13 heteroatoms. The minimum absolute atomic E-state index is 0.106. The smallest absolute Gasteiger partial charge is 0.322 e. The molecule has 0 saturated carbocycles. The molecule has 0 spiro atoms. The molecule has 2 unspecified atom stereocenters. The molecule has 12 N–H and O–H groups in total. The van der Waals surface area contributed by atoms with Gasteiger partial charge in [0.1, 0.15) is 18.6 Å². The van der Waals surface area contributed by atoms with Crippen LogP contribution in [0.4, 0.5) is 0 Å². The minimum Gasteiger partial charge on any atom is -0.480 e. The Kier molecular flexibility index (Phi) is 13.5. The van der Waals surface area contributed by atoms with E-state index in [0.29, 0.717) is 32.2 Å². The Hall–Kier alpha value is -2.93. The lowest BCUT2D eigenvalue weighted by molar-refractivity contribution is -0.138. The highest BCUT2D eigenvalue weighted by atomic mass is 16.4. The van der Waals surface area contributed by atoms with Gasteiger partial charge in [-0.2, -0.15) is 0 Å². The number of aliphatic carboxylic acids is 1. The van der Waals surface area contributed by atoms with Gasteiger partial charge in [0.05, 0.1) is 6.54 Å². The number of guanidine groups is 1. The van der Waals surface area contributed by atoms with Crippen LogP contribution in [0.1, 0.15) is 32.1 Å². The van der Waals surface area contributed by atoms with Crippen LogP contribution in [0.5, 0.6) is 0 Å². The maximum atomic E-state index is 12.6. The molecule has 3 amide bonds. The van der Waals surface area contributed by atoms with E-state index in [1.54, 1.807) is 0 Å². The molecule has 0 heterocycles. The summed E-state index contributed by atoms with van der Waals surface area (Å²) in [6.07, 6.45) is 2.07. The number of carboxylic acid groups (broad SMARTS) is 1. The number of hydrogen-bond donors (Lipinski definition) is 8. The van der Waals surface area contributed by atoms with Crippen LogP contribution in [0.3, 0.4) is 0 Å². The van der Waals surface area contributed by atoms with E-state index in [9.17, 15) is 19.2 Å². The Labute approximate surface area is 169 Å². The number of carbonyl (C=O) groups is 4. The van der Waals surface area contributed by atoms with Crippen molar-refractivity contribution >= 4 is 29.7 Å². The third kappa shape index (κ3) is 13.0. The quantitative estimate of drug-likeness (QED) is 0.0742. The van der Waals surface area contributed by atoms with Crippen LogP contribution in [0.25, 0.3) is 0 Å². The molecule has 0 rings (SSSR count). The average molecular weight is 416 g/mol. The highest BCUT2D eigenvalue weighted by molar-refractivity contribution is 5.93. The van der Waals surface area contributed by atoms with Gasteiger partial charge in [-0.25, -0.2) is 0 Å². The second-order valence-electron chi connectivity index (χ2n) is 6.23. The molecule has 29 heavy (non-hydrogen) atoms. The first-order valence-corrected chi connectivity index (χ1v) is 9.26. The number of unbranched alkanes of at least 4 members (excludes halogenated alkanes) is 1. The lowest BCUT2D eigenvalue weighted by atomic mass is 10.1. The van der Waals surface area contributed by atoms with Crippen molar-refractivity contribution in [2.75, 3.05) is 26.2 Å². The molecule has 0 radical (unpaired) electrons. The summed E-state index contributed by atoms with van der Waals surface area (Å²) >= 11 is 0. The highest BCUT2D eigenvalue weighted by Gasteiger charge is 2.26. The number of carboxylic acids is 1. The van der Waals surface area contributed by atoms with E-state index < -0.39 is 42.3 Å². The number of nitrogens with one attached hydrogen (secondary N) is 3. The molecule has 0 bridgehead atoms. The molecule has 0 aromatic rings. The Bertz CT molecular complexity index is 580. The van der Waals surface area contributed by atoms with Gasteiger partial charge in [0, 0.05) is 6.54 Å². The predicted molar refractivity (Wildman–Crippen MR) is 106 cm³/mol. The molecule has 13 nitrogen and oxygen atoms in total. The number of nitrogens with two attached hydrogens (primary N) is 4. The standard InChI is InChI=1S/C16H32N8O5/c17-6-2-1-4-11(23-12(25)8-18)15(29)24-10(5-3-7-21-16(19)20)14(28)22-9-13(26)27/h10-11H,1-9,17-18H2,(H,22,28)(H,23,25)(H,24,29)(H,26,27)(H4,19,20,21). The molecular formula is C16H32N8O5. The monoisotopic (exact) mass is 416 g/mol. The number of aliphatic imine (C=N–C) groups is 1. The third-order valence-electron chi connectivity index (χ3n) is 3.78. The zero-order chi connectivity index (χ0) is 22.2. The van der Waals surface area contributed by atoms with Gasteiger partial charge in [-0.15, -0.1) is 0 Å². The van der Waals surface area contributed by atoms with Gasteiger partial charge in [-0.3, -0.25) is 24.2 Å². The average Bonchev–Trinajstić information content (AvgIpc) is 2.67. The summed E-state index contributed by atoms with van der Waals surface area (Å²) in [4.78, 5) is 51.0. The molecular weight excluding hydrogens is 384 g/mol. The molecule has 0 aliphatic heterocycles. The van der Waals surface area contributed by atoms with Crippen molar-refractivity contribution in [2.24, 2.45) is 27.9 Å². The summed E-state index contributed by atoms with van der Waals surface area (Å²) in [5.41, 5.74) is 21.2. The molecule has 0 aromatic heterocycles. The van der Waals surface area contributed by atoms with Gasteiger partial charge < -0.3 is 44.0 Å². The first kappa shape index (κ1) is 26.1. The van der Waals surface area contributed by atoms with Gasteiger partial charge in [0.15, 0.2) is 5.96 Å². The van der Waals surface area contributed by atoms with Crippen LogP contribution in [-0.4, -0.2) is 73.0 Å². The summed E-state index contributed by atoms with van der Waals surface area (Å²) in [6.45, 7) is -0.223. The Balaban J connectivity index is 5.09. The molecule has 0 saturated heterocycles. The normalized spacial score (nSPS) is 12.3. The molecule has 0 fully saturated rings. The number of amides is 3. The van der Waals surface area contributed by atoms with Crippen LogP contribution in [-0.2, 0) is 19.2 Å². The largest absolute Gasteiger partial charge is 0.480 e. The topological polar surface area (TPSA) is 241 Å². The van der Waals surface area contributed by atoms with Crippen LogP contribution >= 0.6 is 0 Å². The van der Waals surface area contributed by atoms with Crippen LogP contribution < -0.4 is 38.9 Å². The molecule has 0 aliphatic rings. The first-order chi connectivity index (χ1) is 13.7. The Morgan fingerprint density at radius 3 is 2.07 bits per heavy atom. The van der Waals surface area contributed by atoms with Crippen molar-refractivity contribution < 1.29 is 24.3 Å². The van der Waals surface area contributed by atoms with Crippen LogP contribution in [0, 0.1) is 0 Å². The van der Waals surface area contributed by atoms with Crippen molar-refractivity contribution in [1.29, 1.82) is 0 Å². The Morgan fingerprint density at radius 1 is 0.897 bits per heavy atom. The molecule has 2 atom stereocenters. The van der Waals surface area contributed by atoms with Gasteiger partial charge in [0.2, 0.25) is 17.7 Å². The summed E-state index contributed by atoms with van der Waals surface area (Å²) in [5, 5.41) is 16.0. The van der Waals surface area contributed by atoms with E-state index in [0.717, 1.165) is 0 Å². The summed E-state index contributed by atoms with van der Waals surface area (Å²) in [6, 6.07) is -1.92. The second kappa shape index (κ2) is 15.0. The fraction of sp³-hybridized carbons (Fsp3) is 0.688. The maximum Gasteiger partial charge on any atom is 0.322 e. The fourth-order valence-electron chi connectivity index (χ4n) is 2.35. The van der Waals surface area contributed by atoms with E-state index in [1.807, 2.05) is 0 Å². The fourth-order valence-corrected chi connectivity index (χ4v) is 2.35. The summed E-state index contributed by atoms with van der Waals surface area (Å²) < 4.78 is 0. The number of rotatable bonds is 15. The predicted octanol–water partition coefficient (Wildman–Crippen LogP) is -3.70. The van der Waals surface area contributed by atoms with Crippen LogP contribution in [0.15, 0.2) is 4.99 Å². The van der Waals surface area contributed by atoms with E-state index in [2.05, 4.69) is 20.9 Å². The lowest BCUT2D eigenvalue weighted by Crippen LogP contribution is -2.54. The highest BCUT2D eigenvalue weighted by Crippen LogP contribution is 2.04. The first-order valence-electron chi connectivity index (χ1n) is 9.26. The maximum absolute atomic E-state index is 12.6. The van der Waals surface area contributed by atoms with Gasteiger partial charge in [0.25, 0.3) is 0 Å². The number of nitrogens with zero attached hydrogens (tertiary/aromatic N) is 1. The van der Waals surface area contributed by atoms with Crippen molar-refractivity contribution in [3.63, 3.8) is 0 Å². The Morgan fingerprint density at radius 2 is 1.52 bits per heavy atom. The number of hydrogen-bond acceptors (Lipinski definition) is 7. The van der Waals surface area contributed by atoms with E-state index in [1.165, 1.54) is 0 Å². The molecule has 0 aliphatic carbocycles. The van der Waals surface area contributed by atoms with Crippen molar-refractivity contribution in [3.05, 3.63) is 0 Å². The number of carbonyl (C=O) groups excluding carboxylic acids is 3. The van der Waals surface area contributed by atoms with Crippen molar-refractivity contribution in [3.8, 4) is 0 Å². The van der Waals surface area contributed by atoms with Crippen molar-refractivity contribution in [2.45, 2.75) is 44.2 Å². The van der Waals surface area contributed by atoms with Gasteiger partial charge >= 0.3 is 5.97 Å². The lowest BCUT2D eigenvalue weighted by Gasteiger charge is -2.23. The zero-order valence-electron chi connectivity index (χ0n) is 16.4. The van der Waals surface area contributed by atoms with E-state index in [-0.39, 0.29) is 25.5 Å². The van der Waals surface area contributed by atoms with E-state index in [4.69, 9.17) is 28.0 Å². The molecule has 166 valence electrons. The minimum atomic E-state index is -1.22. The van der Waals surface area contributed by atoms with E-state index >= 15 is 0 Å². The summed E-state index contributed by atoms with van der Waals surface area (Å²) in [7, 11) is 0. The SMILES string of the molecule is NCCCCC(NC(=O)CN)C(=O)NC(CCCN=C(N)N)C(=O)NCC(=O)O. The summed E-state index contributed by atoms with van der Waals surface area (Å²) in [5.74, 6) is -3.10. The van der Waals surface area contributed by atoms with Crippen molar-refractivity contribution in [1.82, 2.24) is 16.0 Å². The molecule has 0 aromatic carbocycles. The van der Waals surface area contributed by atoms with Gasteiger partial charge in [-0.05, 0) is 38.6 Å². The van der Waals surface area contributed by atoms with Crippen LogP contribution in [0.2, 0.25) is 0 Å².